The van der Waals surface area contributed by atoms with Crippen molar-refractivity contribution in [2.45, 2.75) is 12.6 Å². The van der Waals surface area contributed by atoms with Crippen LogP contribution < -0.4 is 10.6 Å². The second-order valence-corrected chi connectivity index (χ2v) is 5.21. The van der Waals surface area contributed by atoms with Crippen LogP contribution in [0.4, 0.5) is 11.4 Å². The van der Waals surface area contributed by atoms with Gasteiger partial charge in [-0.15, -0.1) is 0 Å². The third kappa shape index (κ3) is 4.51. The number of benzene rings is 1. The van der Waals surface area contributed by atoms with Crippen molar-refractivity contribution in [3.8, 4) is 0 Å². The lowest BCUT2D eigenvalue weighted by molar-refractivity contribution is -0.147. The summed E-state index contributed by atoms with van der Waals surface area (Å²) in [5.74, 6) is -0.135. The molecule has 3 rings (SSSR count). The van der Waals surface area contributed by atoms with Gasteiger partial charge in [0.1, 0.15) is 0 Å². The van der Waals surface area contributed by atoms with Crippen LogP contribution in [0.3, 0.4) is 0 Å². The summed E-state index contributed by atoms with van der Waals surface area (Å²) in [6.45, 7) is 1.80. The fourth-order valence-electron chi connectivity index (χ4n) is 2.25. The lowest BCUT2D eigenvalue weighted by Gasteiger charge is -2.22. The maximum atomic E-state index is 11.9. The molecule has 0 aliphatic carbocycles. The van der Waals surface area contributed by atoms with E-state index < -0.39 is 6.10 Å². The van der Waals surface area contributed by atoms with Gasteiger partial charge in [0.2, 0.25) is 0 Å². The van der Waals surface area contributed by atoms with Crippen molar-refractivity contribution in [3.63, 3.8) is 0 Å². The normalized spacial score (nSPS) is 17.5. The van der Waals surface area contributed by atoms with Crippen LogP contribution in [0, 0.1) is 0 Å². The Bertz CT molecular complexity index is 625. The number of carbonyl (C=O) groups excluding carboxylic acids is 1. The number of amides is 1. The van der Waals surface area contributed by atoms with E-state index in [9.17, 15) is 4.79 Å². The highest BCUT2D eigenvalue weighted by Gasteiger charge is 2.22. The van der Waals surface area contributed by atoms with Gasteiger partial charge in [-0.25, -0.2) is 0 Å². The molecule has 1 atom stereocenters. The van der Waals surface area contributed by atoms with E-state index in [4.69, 9.17) is 9.47 Å². The quantitative estimate of drug-likeness (QED) is 0.881. The minimum absolute atomic E-state index is 0.135. The fourth-order valence-corrected chi connectivity index (χ4v) is 2.25. The molecule has 2 N–H and O–H groups in total. The molecule has 0 bridgehead atoms. The molecule has 23 heavy (non-hydrogen) atoms. The molecule has 0 spiro atoms. The minimum Gasteiger partial charge on any atom is -0.376 e. The highest BCUT2D eigenvalue weighted by molar-refractivity contribution is 5.81. The number of anilines is 2. The molecule has 6 nitrogen and oxygen atoms in total. The Morgan fingerprint density at radius 2 is 1.83 bits per heavy atom. The largest absolute Gasteiger partial charge is 0.376 e. The van der Waals surface area contributed by atoms with Crippen LogP contribution in [-0.4, -0.2) is 36.8 Å². The molecule has 1 unspecified atom stereocenters. The number of pyridine rings is 1. The molecular formula is C17H19N3O3. The van der Waals surface area contributed by atoms with Gasteiger partial charge in [0.05, 0.1) is 19.8 Å². The van der Waals surface area contributed by atoms with Crippen molar-refractivity contribution in [1.29, 1.82) is 0 Å². The molecule has 1 saturated heterocycles. The van der Waals surface area contributed by atoms with Crippen molar-refractivity contribution < 1.29 is 14.3 Å². The van der Waals surface area contributed by atoms with Crippen molar-refractivity contribution in [1.82, 2.24) is 10.3 Å². The van der Waals surface area contributed by atoms with E-state index in [1.54, 1.807) is 12.4 Å². The Morgan fingerprint density at radius 1 is 1.09 bits per heavy atom. The molecule has 0 saturated carbocycles. The summed E-state index contributed by atoms with van der Waals surface area (Å²) in [5.41, 5.74) is 2.99. The molecule has 6 heteroatoms. The summed E-state index contributed by atoms with van der Waals surface area (Å²) in [7, 11) is 0. The molecule has 1 aromatic heterocycles. The monoisotopic (exact) mass is 313 g/mol. The number of hydrogen-bond donors (Lipinski definition) is 2. The third-order valence-electron chi connectivity index (χ3n) is 3.50. The average molecular weight is 313 g/mol. The minimum atomic E-state index is -0.503. The van der Waals surface area contributed by atoms with Crippen LogP contribution in [0.25, 0.3) is 0 Å². The van der Waals surface area contributed by atoms with Crippen LogP contribution in [0.15, 0.2) is 48.8 Å². The van der Waals surface area contributed by atoms with E-state index in [2.05, 4.69) is 15.6 Å². The molecule has 1 amide bonds. The molecule has 0 radical (unpaired) electrons. The van der Waals surface area contributed by atoms with Gasteiger partial charge in [-0.3, -0.25) is 9.78 Å². The first kappa shape index (κ1) is 15.5. The number of carbonyl (C=O) groups is 1. The van der Waals surface area contributed by atoms with Gasteiger partial charge in [0.15, 0.2) is 6.10 Å². The number of aromatic nitrogens is 1. The van der Waals surface area contributed by atoms with Gasteiger partial charge >= 0.3 is 0 Å². The van der Waals surface area contributed by atoms with E-state index in [0.717, 1.165) is 16.9 Å². The van der Waals surface area contributed by atoms with Crippen molar-refractivity contribution in [2.75, 3.05) is 25.1 Å². The first-order chi connectivity index (χ1) is 11.3. The van der Waals surface area contributed by atoms with Crippen molar-refractivity contribution in [3.05, 3.63) is 54.4 Å². The molecule has 1 fully saturated rings. The predicted molar refractivity (Wildman–Crippen MR) is 86.4 cm³/mol. The van der Waals surface area contributed by atoms with E-state index in [-0.39, 0.29) is 5.91 Å². The van der Waals surface area contributed by atoms with E-state index in [0.29, 0.717) is 26.4 Å². The second-order valence-electron chi connectivity index (χ2n) is 5.21. The van der Waals surface area contributed by atoms with E-state index in [1.165, 1.54) is 0 Å². The van der Waals surface area contributed by atoms with Gasteiger partial charge < -0.3 is 20.1 Å². The number of rotatable bonds is 5. The number of nitrogens with one attached hydrogen (secondary N) is 2. The highest BCUT2D eigenvalue weighted by atomic mass is 16.6. The summed E-state index contributed by atoms with van der Waals surface area (Å²) in [5, 5.41) is 6.15. The van der Waals surface area contributed by atoms with Crippen LogP contribution in [0.1, 0.15) is 5.56 Å². The Labute approximate surface area is 134 Å². The summed E-state index contributed by atoms with van der Waals surface area (Å²) < 4.78 is 10.6. The Hall–Kier alpha value is -2.44. The topological polar surface area (TPSA) is 72.5 Å². The molecule has 2 aromatic rings. The van der Waals surface area contributed by atoms with Gasteiger partial charge in [-0.1, -0.05) is 12.1 Å². The summed E-state index contributed by atoms with van der Waals surface area (Å²) in [6.07, 6.45) is 2.98. The molecule has 1 aliphatic heterocycles. The molecule has 1 aliphatic rings. The van der Waals surface area contributed by atoms with Gasteiger partial charge in [-0.05, 0) is 29.8 Å². The van der Waals surface area contributed by atoms with Crippen LogP contribution in [-0.2, 0) is 20.8 Å². The van der Waals surface area contributed by atoms with Gasteiger partial charge in [0.25, 0.3) is 5.91 Å². The van der Waals surface area contributed by atoms with Gasteiger partial charge in [-0.2, -0.15) is 0 Å². The zero-order valence-electron chi connectivity index (χ0n) is 12.7. The van der Waals surface area contributed by atoms with E-state index in [1.807, 2.05) is 36.4 Å². The average Bonchev–Trinajstić information content (AvgIpc) is 2.62. The van der Waals surface area contributed by atoms with Crippen LogP contribution >= 0.6 is 0 Å². The maximum Gasteiger partial charge on any atom is 0.251 e. The number of ether oxygens (including phenoxy) is 2. The summed E-state index contributed by atoms with van der Waals surface area (Å²) in [6, 6.07) is 11.7. The van der Waals surface area contributed by atoms with E-state index >= 15 is 0 Å². The first-order valence-electron chi connectivity index (χ1n) is 7.54. The van der Waals surface area contributed by atoms with Crippen LogP contribution in [0.5, 0.6) is 0 Å². The van der Waals surface area contributed by atoms with Crippen molar-refractivity contribution >= 4 is 17.3 Å². The van der Waals surface area contributed by atoms with Gasteiger partial charge in [0, 0.05) is 30.3 Å². The first-order valence-corrected chi connectivity index (χ1v) is 7.54. The molecule has 1 aromatic carbocycles. The molecule has 120 valence electrons. The highest BCUT2D eigenvalue weighted by Crippen LogP contribution is 2.16. The SMILES string of the molecule is O=C(NCc1ccc(Nc2ccncc2)cc1)C1COCCO1. The maximum absolute atomic E-state index is 11.9. The lowest BCUT2D eigenvalue weighted by atomic mass is 10.2. The Kier molecular flexibility index (Phi) is 5.18. The summed E-state index contributed by atoms with van der Waals surface area (Å²) in [4.78, 5) is 15.9. The second kappa shape index (κ2) is 7.71. The Morgan fingerprint density at radius 3 is 2.52 bits per heavy atom. The van der Waals surface area contributed by atoms with Crippen LogP contribution in [0.2, 0.25) is 0 Å². The third-order valence-corrected chi connectivity index (χ3v) is 3.50. The zero-order valence-corrected chi connectivity index (χ0v) is 12.7. The lowest BCUT2D eigenvalue weighted by Crippen LogP contribution is -2.42. The standard InChI is InChI=1S/C17H19N3O3/c21-17(16-12-22-9-10-23-16)19-11-13-1-3-14(4-2-13)20-15-5-7-18-8-6-15/h1-8,16H,9-12H2,(H,18,20)(H,19,21). The zero-order chi connectivity index (χ0) is 15.9. The number of nitrogens with zero attached hydrogens (tertiary/aromatic N) is 1. The number of hydrogen-bond acceptors (Lipinski definition) is 5. The fraction of sp³-hybridized carbons (Fsp3) is 0.294. The molecular weight excluding hydrogens is 294 g/mol. The Balaban J connectivity index is 1.50. The van der Waals surface area contributed by atoms with Crippen molar-refractivity contribution in [2.24, 2.45) is 0 Å². The smallest absolute Gasteiger partial charge is 0.251 e. The molecule has 2 heterocycles. The summed E-state index contributed by atoms with van der Waals surface area (Å²) >= 11 is 0. The predicted octanol–water partition coefficient (Wildman–Crippen LogP) is 1.86.